The average molecular weight is 332 g/mol. The van der Waals surface area contributed by atoms with Gasteiger partial charge in [-0.3, -0.25) is 9.69 Å². The van der Waals surface area contributed by atoms with Crippen molar-refractivity contribution in [2.75, 3.05) is 26.8 Å². The maximum absolute atomic E-state index is 12.5. The van der Waals surface area contributed by atoms with Gasteiger partial charge in [0.1, 0.15) is 5.75 Å². The Hall–Kier alpha value is -1.80. The summed E-state index contributed by atoms with van der Waals surface area (Å²) in [6.45, 7) is 1.55. The van der Waals surface area contributed by atoms with Gasteiger partial charge in [-0.15, -0.1) is 13.2 Å². The number of carbonyl (C=O) groups excluding carboxylic acids is 1. The summed E-state index contributed by atoms with van der Waals surface area (Å²) in [5.74, 6) is -1.08. The molecule has 0 radical (unpaired) electrons. The standard InChI is InChI=1S/C15H19F3N2O3/c1-22-9-11-7-20(8-12(11)14(19)21)6-10-4-2-3-5-13(10)23-15(16,17)18/h2-5,11-12H,6-9H2,1H3,(H2,19,21)/t11-,12+/m0/s1. The van der Waals surface area contributed by atoms with Crippen LogP contribution in [0.3, 0.4) is 0 Å². The number of amides is 1. The molecule has 2 rings (SSSR count). The summed E-state index contributed by atoms with van der Waals surface area (Å²) >= 11 is 0. The fraction of sp³-hybridized carbons (Fsp3) is 0.533. The maximum Gasteiger partial charge on any atom is 0.573 e. The van der Waals surface area contributed by atoms with E-state index in [1.165, 1.54) is 19.2 Å². The van der Waals surface area contributed by atoms with Gasteiger partial charge in [0.15, 0.2) is 0 Å². The quantitative estimate of drug-likeness (QED) is 0.862. The summed E-state index contributed by atoms with van der Waals surface area (Å²) < 4.78 is 46.5. The monoisotopic (exact) mass is 332 g/mol. The highest BCUT2D eigenvalue weighted by molar-refractivity contribution is 5.77. The molecule has 0 aliphatic carbocycles. The number of para-hydroxylation sites is 1. The zero-order valence-electron chi connectivity index (χ0n) is 12.7. The number of alkyl halides is 3. The molecule has 1 aromatic rings. The van der Waals surface area contributed by atoms with Crippen LogP contribution >= 0.6 is 0 Å². The van der Waals surface area contributed by atoms with Crippen molar-refractivity contribution in [3.05, 3.63) is 29.8 Å². The second kappa shape index (κ2) is 7.18. The third kappa shape index (κ3) is 4.84. The SMILES string of the molecule is COC[C@@H]1CN(Cc2ccccc2OC(F)(F)F)C[C@H]1C(N)=O. The number of hydrogen-bond donors (Lipinski definition) is 1. The van der Waals surface area contributed by atoms with E-state index in [0.717, 1.165) is 0 Å². The molecule has 0 aromatic heterocycles. The van der Waals surface area contributed by atoms with Crippen molar-refractivity contribution >= 4 is 5.91 Å². The lowest BCUT2D eigenvalue weighted by Gasteiger charge is -2.19. The fourth-order valence-electron chi connectivity index (χ4n) is 2.89. The van der Waals surface area contributed by atoms with Crippen LogP contribution in [0.25, 0.3) is 0 Å². The van der Waals surface area contributed by atoms with E-state index in [1.807, 2.05) is 4.90 Å². The molecule has 0 unspecified atom stereocenters. The first-order chi connectivity index (χ1) is 10.8. The molecular weight excluding hydrogens is 313 g/mol. The van der Waals surface area contributed by atoms with Gasteiger partial charge in [-0.05, 0) is 6.07 Å². The van der Waals surface area contributed by atoms with Crippen molar-refractivity contribution in [3.63, 3.8) is 0 Å². The van der Waals surface area contributed by atoms with E-state index in [4.69, 9.17) is 10.5 Å². The van der Waals surface area contributed by atoms with E-state index < -0.39 is 12.3 Å². The summed E-state index contributed by atoms with van der Waals surface area (Å²) in [6, 6.07) is 5.97. The molecule has 23 heavy (non-hydrogen) atoms. The molecule has 1 heterocycles. The first kappa shape index (κ1) is 17.6. The molecule has 1 amide bonds. The van der Waals surface area contributed by atoms with Crippen LogP contribution in [0.1, 0.15) is 5.56 Å². The van der Waals surface area contributed by atoms with E-state index in [0.29, 0.717) is 25.3 Å². The van der Waals surface area contributed by atoms with Gasteiger partial charge in [0.25, 0.3) is 0 Å². The number of carbonyl (C=O) groups is 1. The van der Waals surface area contributed by atoms with Gasteiger partial charge in [-0.2, -0.15) is 0 Å². The zero-order chi connectivity index (χ0) is 17.0. The molecule has 0 spiro atoms. The number of ether oxygens (including phenoxy) is 2. The molecule has 0 bridgehead atoms. The van der Waals surface area contributed by atoms with Crippen LogP contribution in [0, 0.1) is 11.8 Å². The van der Waals surface area contributed by atoms with Gasteiger partial charge in [-0.25, -0.2) is 0 Å². The number of halogens is 3. The average Bonchev–Trinajstić information content (AvgIpc) is 2.83. The molecule has 1 aliphatic rings. The molecule has 1 aliphatic heterocycles. The number of primary amides is 1. The van der Waals surface area contributed by atoms with E-state index in [1.54, 1.807) is 12.1 Å². The Kier molecular flexibility index (Phi) is 5.48. The Bertz CT molecular complexity index is 551. The summed E-state index contributed by atoms with van der Waals surface area (Å²) in [5, 5.41) is 0. The number of benzene rings is 1. The molecule has 128 valence electrons. The molecule has 1 aromatic carbocycles. The number of hydrogen-bond acceptors (Lipinski definition) is 4. The number of methoxy groups -OCH3 is 1. The highest BCUT2D eigenvalue weighted by atomic mass is 19.4. The molecule has 2 atom stereocenters. The minimum atomic E-state index is -4.74. The summed E-state index contributed by atoms with van der Waals surface area (Å²) in [4.78, 5) is 13.4. The van der Waals surface area contributed by atoms with Crippen LogP contribution in [0.4, 0.5) is 13.2 Å². The third-order valence-electron chi connectivity index (χ3n) is 3.86. The second-order valence-corrected chi connectivity index (χ2v) is 5.57. The van der Waals surface area contributed by atoms with Crippen LogP contribution in [0.5, 0.6) is 5.75 Å². The normalized spacial score (nSPS) is 22.3. The Balaban J connectivity index is 2.09. The van der Waals surface area contributed by atoms with Crippen molar-refractivity contribution in [3.8, 4) is 5.75 Å². The molecule has 2 N–H and O–H groups in total. The highest BCUT2D eigenvalue weighted by Crippen LogP contribution is 2.30. The number of nitrogens with zero attached hydrogens (tertiary/aromatic N) is 1. The summed E-state index contributed by atoms with van der Waals surface area (Å²) in [7, 11) is 1.53. The Morgan fingerprint density at radius 3 is 2.65 bits per heavy atom. The minimum absolute atomic E-state index is 0.0619. The number of likely N-dealkylation sites (tertiary alicyclic amines) is 1. The Morgan fingerprint density at radius 1 is 1.35 bits per heavy atom. The predicted octanol–water partition coefficient (Wildman–Crippen LogP) is 1.76. The van der Waals surface area contributed by atoms with Crippen LogP contribution < -0.4 is 10.5 Å². The van der Waals surface area contributed by atoms with E-state index in [-0.39, 0.29) is 24.1 Å². The van der Waals surface area contributed by atoms with Crippen molar-refractivity contribution < 1.29 is 27.4 Å². The molecule has 1 fully saturated rings. The van der Waals surface area contributed by atoms with Gasteiger partial charge in [0.05, 0.1) is 12.5 Å². The van der Waals surface area contributed by atoms with E-state index in [9.17, 15) is 18.0 Å². The lowest BCUT2D eigenvalue weighted by molar-refractivity contribution is -0.275. The van der Waals surface area contributed by atoms with Crippen LogP contribution in [0.15, 0.2) is 24.3 Å². The Morgan fingerprint density at radius 2 is 2.04 bits per heavy atom. The summed E-state index contributed by atoms with van der Waals surface area (Å²) in [5.41, 5.74) is 5.80. The van der Waals surface area contributed by atoms with Crippen molar-refractivity contribution in [1.82, 2.24) is 4.90 Å². The maximum atomic E-state index is 12.5. The van der Waals surface area contributed by atoms with Crippen molar-refractivity contribution in [2.45, 2.75) is 12.9 Å². The molecule has 0 saturated carbocycles. The highest BCUT2D eigenvalue weighted by Gasteiger charge is 2.37. The third-order valence-corrected chi connectivity index (χ3v) is 3.86. The smallest absolute Gasteiger partial charge is 0.405 e. The number of rotatable bonds is 6. The van der Waals surface area contributed by atoms with Crippen molar-refractivity contribution in [2.24, 2.45) is 17.6 Å². The predicted molar refractivity (Wildman–Crippen MR) is 76.5 cm³/mol. The second-order valence-electron chi connectivity index (χ2n) is 5.57. The fourth-order valence-corrected chi connectivity index (χ4v) is 2.89. The van der Waals surface area contributed by atoms with Gasteiger partial charge in [0, 0.05) is 38.2 Å². The molecule has 8 heteroatoms. The number of nitrogens with two attached hydrogens (primary N) is 1. The van der Waals surface area contributed by atoms with Crippen LogP contribution in [0.2, 0.25) is 0 Å². The molecular formula is C15H19F3N2O3. The zero-order valence-corrected chi connectivity index (χ0v) is 12.7. The van der Waals surface area contributed by atoms with Crippen molar-refractivity contribution in [1.29, 1.82) is 0 Å². The first-order valence-electron chi connectivity index (χ1n) is 7.14. The van der Waals surface area contributed by atoms with Gasteiger partial charge in [0.2, 0.25) is 5.91 Å². The first-order valence-corrected chi connectivity index (χ1v) is 7.14. The largest absolute Gasteiger partial charge is 0.573 e. The molecule has 5 nitrogen and oxygen atoms in total. The lowest BCUT2D eigenvalue weighted by atomic mass is 9.96. The minimum Gasteiger partial charge on any atom is -0.405 e. The van der Waals surface area contributed by atoms with Gasteiger partial charge in [-0.1, -0.05) is 18.2 Å². The Labute approximate surface area is 132 Å². The van der Waals surface area contributed by atoms with Gasteiger partial charge < -0.3 is 15.2 Å². The topological polar surface area (TPSA) is 64.8 Å². The van der Waals surface area contributed by atoms with E-state index >= 15 is 0 Å². The molecule has 1 saturated heterocycles. The van der Waals surface area contributed by atoms with Crippen LogP contribution in [-0.2, 0) is 16.1 Å². The van der Waals surface area contributed by atoms with E-state index in [2.05, 4.69) is 4.74 Å². The summed E-state index contributed by atoms with van der Waals surface area (Å²) in [6.07, 6.45) is -4.74. The van der Waals surface area contributed by atoms with Crippen LogP contribution in [-0.4, -0.2) is 44.0 Å². The lowest BCUT2D eigenvalue weighted by Crippen LogP contribution is -2.31. The van der Waals surface area contributed by atoms with Gasteiger partial charge >= 0.3 is 6.36 Å².